The Morgan fingerprint density at radius 2 is 2.04 bits per heavy atom. The fourth-order valence-electron chi connectivity index (χ4n) is 3.24. The van der Waals surface area contributed by atoms with Gasteiger partial charge in [-0.1, -0.05) is 37.3 Å². The summed E-state index contributed by atoms with van der Waals surface area (Å²) >= 11 is 0. The van der Waals surface area contributed by atoms with Gasteiger partial charge in [-0.05, 0) is 30.7 Å². The number of hydrogen-bond donors (Lipinski definition) is 1. The zero-order valence-corrected chi connectivity index (χ0v) is 15.3. The quantitative estimate of drug-likeness (QED) is 0.680. The van der Waals surface area contributed by atoms with Crippen LogP contribution < -0.4 is 5.32 Å². The Hall–Kier alpha value is -2.04. The molecule has 1 aromatic carbocycles. The fraction of sp³-hybridized carbons (Fsp3) is 0.579. The van der Waals surface area contributed by atoms with E-state index in [0.29, 0.717) is 11.8 Å². The van der Waals surface area contributed by atoms with E-state index in [2.05, 4.69) is 59.4 Å². The Morgan fingerprint density at radius 1 is 1.33 bits per heavy atom. The van der Waals surface area contributed by atoms with Crippen LogP contribution in [0.4, 0.5) is 0 Å². The number of aliphatic imine (C=N–C) groups is 1. The predicted octanol–water partition coefficient (Wildman–Crippen LogP) is 2.17. The number of hydrogen-bond acceptors (Lipinski definition) is 2. The van der Waals surface area contributed by atoms with Crippen molar-refractivity contribution in [3.63, 3.8) is 0 Å². The van der Waals surface area contributed by atoms with Gasteiger partial charge in [-0.25, -0.2) is 4.99 Å². The second-order valence-electron chi connectivity index (χ2n) is 6.69. The molecule has 1 fully saturated rings. The molecule has 0 aliphatic carbocycles. The Bertz CT molecular complexity index is 556. The largest absolute Gasteiger partial charge is 0.357 e. The zero-order chi connectivity index (χ0) is 17.5. The zero-order valence-electron chi connectivity index (χ0n) is 15.3. The van der Waals surface area contributed by atoms with E-state index in [4.69, 9.17) is 0 Å². The molecular weight excluding hydrogens is 300 g/mol. The van der Waals surface area contributed by atoms with Crippen molar-refractivity contribution in [2.24, 2.45) is 10.9 Å². The number of carbonyl (C=O) groups excluding carboxylic acids is 1. The van der Waals surface area contributed by atoms with Crippen LogP contribution in [0.5, 0.6) is 0 Å². The molecule has 0 aromatic heterocycles. The van der Waals surface area contributed by atoms with Crippen molar-refractivity contribution in [1.29, 1.82) is 0 Å². The summed E-state index contributed by atoms with van der Waals surface area (Å²) in [6, 6.07) is 10.8. The molecule has 24 heavy (non-hydrogen) atoms. The first kappa shape index (κ1) is 18.3. The maximum absolute atomic E-state index is 11.8. The van der Waals surface area contributed by atoms with E-state index < -0.39 is 0 Å². The summed E-state index contributed by atoms with van der Waals surface area (Å²) in [5.41, 5.74) is 1.43. The summed E-state index contributed by atoms with van der Waals surface area (Å²) < 4.78 is 0. The minimum Gasteiger partial charge on any atom is -0.357 e. The van der Waals surface area contributed by atoms with Gasteiger partial charge < -0.3 is 15.1 Å². The van der Waals surface area contributed by atoms with E-state index in [-0.39, 0.29) is 12.5 Å². The van der Waals surface area contributed by atoms with Crippen molar-refractivity contribution >= 4 is 11.9 Å². The van der Waals surface area contributed by atoms with E-state index in [1.165, 1.54) is 5.56 Å². The number of nitrogens with zero attached hydrogens (tertiary/aromatic N) is 3. The van der Waals surface area contributed by atoms with E-state index in [1.54, 1.807) is 19.0 Å². The molecular formula is C19H30N4O. The molecule has 0 saturated carbocycles. The topological polar surface area (TPSA) is 47.9 Å². The third-order valence-electron chi connectivity index (χ3n) is 4.63. The van der Waals surface area contributed by atoms with E-state index >= 15 is 0 Å². The molecule has 1 aliphatic rings. The van der Waals surface area contributed by atoms with Crippen LogP contribution in [0.2, 0.25) is 0 Å². The molecule has 2 rings (SSSR count). The molecule has 2 atom stereocenters. The predicted molar refractivity (Wildman–Crippen MR) is 99.2 cm³/mol. The third-order valence-corrected chi connectivity index (χ3v) is 4.63. The van der Waals surface area contributed by atoms with Crippen LogP contribution in [-0.4, -0.2) is 61.9 Å². The summed E-state index contributed by atoms with van der Waals surface area (Å²) in [4.78, 5) is 20.2. The number of likely N-dealkylation sites (N-methyl/N-ethyl adjacent to an activating group) is 1. The Labute approximate surface area is 145 Å². The second-order valence-corrected chi connectivity index (χ2v) is 6.69. The average Bonchev–Trinajstić information content (AvgIpc) is 2.58. The van der Waals surface area contributed by atoms with Gasteiger partial charge in [0.2, 0.25) is 5.91 Å². The van der Waals surface area contributed by atoms with Crippen molar-refractivity contribution < 1.29 is 4.79 Å². The van der Waals surface area contributed by atoms with Crippen LogP contribution >= 0.6 is 0 Å². The lowest BCUT2D eigenvalue weighted by Gasteiger charge is -2.39. The van der Waals surface area contributed by atoms with Gasteiger partial charge in [0.1, 0.15) is 6.54 Å². The smallest absolute Gasteiger partial charge is 0.243 e. The second kappa shape index (κ2) is 8.71. The molecule has 1 heterocycles. The summed E-state index contributed by atoms with van der Waals surface area (Å²) in [7, 11) is 3.52. The summed E-state index contributed by atoms with van der Waals surface area (Å²) in [5.74, 6) is 2.02. The SMILES string of the molecule is CCNC(=NCC(=O)N(C)C)N1CCC(c2ccccc2)C(C)C1. The fourth-order valence-corrected chi connectivity index (χ4v) is 3.24. The van der Waals surface area contributed by atoms with Crippen molar-refractivity contribution in [2.75, 3.05) is 40.3 Å². The average molecular weight is 330 g/mol. The van der Waals surface area contributed by atoms with Crippen LogP contribution in [0.15, 0.2) is 35.3 Å². The van der Waals surface area contributed by atoms with E-state index in [1.807, 2.05) is 0 Å². The van der Waals surface area contributed by atoms with Gasteiger partial charge in [0.05, 0.1) is 0 Å². The highest BCUT2D eigenvalue weighted by Gasteiger charge is 2.28. The highest BCUT2D eigenvalue weighted by molar-refractivity contribution is 5.84. The number of nitrogens with one attached hydrogen (secondary N) is 1. The first-order valence-electron chi connectivity index (χ1n) is 8.81. The van der Waals surface area contributed by atoms with Gasteiger partial charge in [-0.2, -0.15) is 0 Å². The molecule has 2 unspecified atom stereocenters. The lowest BCUT2D eigenvalue weighted by Crippen LogP contribution is -2.48. The molecule has 1 aliphatic heterocycles. The number of piperidine rings is 1. The maximum Gasteiger partial charge on any atom is 0.243 e. The third kappa shape index (κ3) is 4.73. The first-order chi connectivity index (χ1) is 11.5. The van der Waals surface area contributed by atoms with Crippen molar-refractivity contribution in [3.05, 3.63) is 35.9 Å². The van der Waals surface area contributed by atoms with Crippen molar-refractivity contribution in [1.82, 2.24) is 15.1 Å². The van der Waals surface area contributed by atoms with Crippen LogP contribution in [0, 0.1) is 5.92 Å². The summed E-state index contributed by atoms with van der Waals surface area (Å²) in [6.07, 6.45) is 1.11. The number of guanidine groups is 1. The lowest BCUT2D eigenvalue weighted by atomic mass is 9.82. The van der Waals surface area contributed by atoms with Crippen LogP contribution in [0.1, 0.15) is 31.7 Å². The normalized spacial score (nSPS) is 21.5. The highest BCUT2D eigenvalue weighted by atomic mass is 16.2. The summed E-state index contributed by atoms with van der Waals surface area (Å²) in [5, 5.41) is 3.33. The summed E-state index contributed by atoms with van der Waals surface area (Å²) in [6.45, 7) is 7.29. The van der Waals surface area contributed by atoms with Gasteiger partial charge in [0.25, 0.3) is 0 Å². The van der Waals surface area contributed by atoms with Gasteiger partial charge in [0.15, 0.2) is 5.96 Å². The van der Waals surface area contributed by atoms with Crippen molar-refractivity contribution in [2.45, 2.75) is 26.2 Å². The maximum atomic E-state index is 11.8. The van der Waals surface area contributed by atoms with Gasteiger partial charge in [-0.15, -0.1) is 0 Å². The molecule has 1 amide bonds. The number of likely N-dealkylation sites (tertiary alicyclic amines) is 1. The Kier molecular flexibility index (Phi) is 6.64. The minimum atomic E-state index is 0.0256. The first-order valence-corrected chi connectivity index (χ1v) is 8.81. The number of carbonyl (C=O) groups is 1. The van der Waals surface area contributed by atoms with E-state index in [9.17, 15) is 4.79 Å². The van der Waals surface area contributed by atoms with E-state index in [0.717, 1.165) is 32.0 Å². The van der Waals surface area contributed by atoms with Crippen LogP contribution in [0.3, 0.4) is 0 Å². The van der Waals surface area contributed by atoms with Crippen LogP contribution in [0.25, 0.3) is 0 Å². The Balaban J connectivity index is 2.03. The standard InChI is InChI=1S/C19H30N4O/c1-5-20-19(21-13-18(24)22(3)4)23-12-11-17(15(2)14-23)16-9-7-6-8-10-16/h6-10,15,17H,5,11-14H2,1-4H3,(H,20,21). The lowest BCUT2D eigenvalue weighted by molar-refractivity contribution is -0.127. The molecule has 5 heteroatoms. The highest BCUT2D eigenvalue weighted by Crippen LogP contribution is 2.32. The van der Waals surface area contributed by atoms with Gasteiger partial charge in [0, 0.05) is 33.7 Å². The van der Waals surface area contributed by atoms with Gasteiger partial charge >= 0.3 is 0 Å². The van der Waals surface area contributed by atoms with Gasteiger partial charge in [-0.3, -0.25) is 4.79 Å². The molecule has 1 aromatic rings. The monoisotopic (exact) mass is 330 g/mol. The molecule has 5 nitrogen and oxygen atoms in total. The minimum absolute atomic E-state index is 0.0256. The molecule has 0 radical (unpaired) electrons. The molecule has 1 saturated heterocycles. The molecule has 0 spiro atoms. The van der Waals surface area contributed by atoms with Crippen molar-refractivity contribution in [3.8, 4) is 0 Å². The number of benzene rings is 1. The Morgan fingerprint density at radius 3 is 2.62 bits per heavy atom. The number of rotatable bonds is 4. The molecule has 1 N–H and O–H groups in total. The molecule has 132 valence electrons. The number of amides is 1. The van der Waals surface area contributed by atoms with Crippen LogP contribution in [-0.2, 0) is 4.79 Å². The molecule has 0 bridgehead atoms.